The van der Waals surface area contributed by atoms with E-state index in [9.17, 15) is 0 Å². The maximum atomic E-state index is 5.55. The van der Waals surface area contributed by atoms with Crippen LogP contribution in [0, 0.1) is 0 Å². The fourth-order valence-electron chi connectivity index (χ4n) is 1.66. The molecule has 0 aromatic carbocycles. The highest BCUT2D eigenvalue weighted by Gasteiger charge is 2.03. The minimum absolute atomic E-state index is 0.450. The first kappa shape index (κ1) is 13.7. The zero-order chi connectivity index (χ0) is 13.3. The summed E-state index contributed by atoms with van der Waals surface area (Å²) >= 11 is 0. The van der Waals surface area contributed by atoms with E-state index in [-0.39, 0.29) is 0 Å². The van der Waals surface area contributed by atoms with E-state index in [1.54, 1.807) is 6.20 Å². The van der Waals surface area contributed by atoms with Crippen molar-refractivity contribution < 1.29 is 9.26 Å². The molecule has 5 heteroatoms. The monoisotopic (exact) mass is 261 g/mol. The van der Waals surface area contributed by atoms with E-state index >= 15 is 0 Å². The molecule has 2 aromatic heterocycles. The first-order chi connectivity index (χ1) is 9.38. The Kier molecular flexibility index (Phi) is 5.52. The van der Waals surface area contributed by atoms with Gasteiger partial charge in [0.15, 0.2) is 5.76 Å². The van der Waals surface area contributed by atoms with Gasteiger partial charge in [-0.1, -0.05) is 18.1 Å². The van der Waals surface area contributed by atoms with Crippen LogP contribution in [-0.2, 0) is 24.3 Å². The molecule has 0 radical (unpaired) electrons. The van der Waals surface area contributed by atoms with Gasteiger partial charge in [0.1, 0.15) is 6.61 Å². The van der Waals surface area contributed by atoms with Gasteiger partial charge in [-0.25, -0.2) is 0 Å². The third-order valence-electron chi connectivity index (χ3n) is 2.64. The quantitative estimate of drug-likeness (QED) is 0.736. The lowest BCUT2D eigenvalue weighted by Gasteiger charge is -2.01. The summed E-state index contributed by atoms with van der Waals surface area (Å²) in [6.07, 6.45) is 2.60. The Labute approximate surface area is 113 Å². The summed E-state index contributed by atoms with van der Waals surface area (Å²) in [4.78, 5) is 4.24. The Balaban J connectivity index is 1.66. The molecule has 19 heavy (non-hydrogen) atoms. The molecule has 0 bridgehead atoms. The molecule has 0 saturated carbocycles. The molecule has 0 spiro atoms. The summed E-state index contributed by atoms with van der Waals surface area (Å²) in [6, 6.07) is 7.80. The molecule has 0 aliphatic heterocycles. The standard InChI is InChI=1S/C14H19N3O2/c1-2-15-10-13-9-14(19-17-13)11-18-8-6-12-5-3-4-7-16-12/h3-5,7,9,15H,2,6,8,10-11H2,1H3. The lowest BCUT2D eigenvalue weighted by molar-refractivity contribution is 0.103. The number of nitrogens with zero attached hydrogens (tertiary/aromatic N) is 2. The molecule has 5 nitrogen and oxygen atoms in total. The van der Waals surface area contributed by atoms with Crippen molar-refractivity contribution in [3.8, 4) is 0 Å². The normalized spacial score (nSPS) is 10.8. The van der Waals surface area contributed by atoms with Crippen molar-refractivity contribution in [1.82, 2.24) is 15.5 Å². The first-order valence-corrected chi connectivity index (χ1v) is 6.51. The maximum absolute atomic E-state index is 5.55. The second kappa shape index (κ2) is 7.66. The SMILES string of the molecule is CCNCc1cc(COCCc2ccccn2)on1. The molecule has 2 heterocycles. The van der Waals surface area contributed by atoms with Crippen molar-refractivity contribution in [2.24, 2.45) is 0 Å². The fraction of sp³-hybridized carbons (Fsp3) is 0.429. The summed E-state index contributed by atoms with van der Waals surface area (Å²) in [5.74, 6) is 0.758. The number of nitrogens with one attached hydrogen (secondary N) is 1. The second-order valence-corrected chi connectivity index (χ2v) is 4.19. The number of aromatic nitrogens is 2. The van der Waals surface area contributed by atoms with Crippen molar-refractivity contribution in [3.63, 3.8) is 0 Å². The Morgan fingerprint density at radius 1 is 1.32 bits per heavy atom. The van der Waals surface area contributed by atoms with Crippen molar-refractivity contribution in [3.05, 3.63) is 47.6 Å². The van der Waals surface area contributed by atoms with Gasteiger partial charge in [0.2, 0.25) is 0 Å². The predicted octanol–water partition coefficient (Wildman–Crippen LogP) is 1.94. The van der Waals surface area contributed by atoms with Crippen molar-refractivity contribution in [2.75, 3.05) is 13.2 Å². The number of rotatable bonds is 8. The van der Waals surface area contributed by atoms with Crippen molar-refractivity contribution in [2.45, 2.75) is 26.5 Å². The maximum Gasteiger partial charge on any atom is 0.162 e. The van der Waals surface area contributed by atoms with Gasteiger partial charge in [-0.2, -0.15) is 0 Å². The number of ether oxygens (including phenoxy) is 1. The molecule has 0 aliphatic rings. The van der Waals surface area contributed by atoms with Crippen LogP contribution in [0.4, 0.5) is 0 Å². The summed E-state index contributed by atoms with van der Waals surface area (Å²) in [5, 5.41) is 7.16. The van der Waals surface area contributed by atoms with Crippen molar-refractivity contribution >= 4 is 0 Å². The van der Waals surface area contributed by atoms with Gasteiger partial charge in [0.25, 0.3) is 0 Å². The topological polar surface area (TPSA) is 60.2 Å². The number of pyridine rings is 1. The lowest BCUT2D eigenvalue weighted by atomic mass is 10.3. The van der Waals surface area contributed by atoms with Crippen LogP contribution in [-0.4, -0.2) is 23.3 Å². The van der Waals surface area contributed by atoms with Crippen LogP contribution >= 0.6 is 0 Å². The smallest absolute Gasteiger partial charge is 0.162 e. The Morgan fingerprint density at radius 2 is 2.26 bits per heavy atom. The summed E-state index contributed by atoms with van der Waals surface area (Å²) in [7, 11) is 0. The summed E-state index contributed by atoms with van der Waals surface area (Å²) in [5.41, 5.74) is 1.94. The van der Waals surface area contributed by atoms with Gasteiger partial charge in [0, 0.05) is 30.9 Å². The van der Waals surface area contributed by atoms with Gasteiger partial charge in [-0.15, -0.1) is 0 Å². The Bertz CT molecular complexity index is 471. The molecule has 0 atom stereocenters. The van der Waals surface area contributed by atoms with Crippen LogP contribution in [0.5, 0.6) is 0 Å². The van der Waals surface area contributed by atoms with Crippen LogP contribution in [0.15, 0.2) is 35.0 Å². The fourth-order valence-corrected chi connectivity index (χ4v) is 1.66. The highest BCUT2D eigenvalue weighted by molar-refractivity contribution is 5.05. The van der Waals surface area contributed by atoms with E-state index in [1.807, 2.05) is 24.3 Å². The molecule has 0 fully saturated rings. The molecule has 0 amide bonds. The van der Waals surface area contributed by atoms with E-state index in [0.29, 0.717) is 13.2 Å². The van der Waals surface area contributed by atoms with Gasteiger partial charge >= 0.3 is 0 Å². The summed E-state index contributed by atoms with van der Waals surface area (Å²) < 4.78 is 10.7. The molecule has 0 aliphatic carbocycles. The molecular formula is C14H19N3O2. The van der Waals surface area contributed by atoms with Gasteiger partial charge in [-0.3, -0.25) is 4.98 Å². The van der Waals surface area contributed by atoms with E-state index in [1.165, 1.54) is 0 Å². The Hall–Kier alpha value is -1.72. The second-order valence-electron chi connectivity index (χ2n) is 4.19. The zero-order valence-electron chi connectivity index (χ0n) is 11.1. The largest absolute Gasteiger partial charge is 0.373 e. The van der Waals surface area contributed by atoms with Gasteiger partial charge in [0.05, 0.1) is 12.3 Å². The van der Waals surface area contributed by atoms with Gasteiger partial charge in [-0.05, 0) is 18.7 Å². The molecule has 0 saturated heterocycles. The average molecular weight is 261 g/mol. The van der Waals surface area contributed by atoms with Crippen LogP contribution in [0.1, 0.15) is 24.1 Å². The third kappa shape index (κ3) is 4.81. The van der Waals surface area contributed by atoms with Crippen LogP contribution in [0.3, 0.4) is 0 Å². The van der Waals surface area contributed by atoms with Crippen LogP contribution in [0.25, 0.3) is 0 Å². The minimum atomic E-state index is 0.450. The molecular weight excluding hydrogens is 242 g/mol. The summed E-state index contributed by atoms with van der Waals surface area (Å²) in [6.45, 7) is 4.78. The molecule has 0 unspecified atom stereocenters. The Morgan fingerprint density at radius 3 is 3.05 bits per heavy atom. The number of hydrogen-bond acceptors (Lipinski definition) is 5. The van der Waals surface area contributed by atoms with Crippen LogP contribution < -0.4 is 5.32 Å². The first-order valence-electron chi connectivity index (χ1n) is 6.51. The highest BCUT2D eigenvalue weighted by Crippen LogP contribution is 2.05. The van der Waals surface area contributed by atoms with E-state index in [4.69, 9.17) is 9.26 Å². The molecule has 1 N–H and O–H groups in total. The number of hydrogen-bond donors (Lipinski definition) is 1. The van der Waals surface area contributed by atoms with Crippen LogP contribution in [0.2, 0.25) is 0 Å². The molecule has 102 valence electrons. The van der Waals surface area contributed by atoms with E-state index in [2.05, 4.69) is 22.4 Å². The minimum Gasteiger partial charge on any atom is -0.373 e. The molecule has 2 rings (SSSR count). The predicted molar refractivity (Wildman–Crippen MR) is 71.5 cm³/mol. The van der Waals surface area contributed by atoms with Crippen molar-refractivity contribution in [1.29, 1.82) is 0 Å². The van der Waals surface area contributed by atoms with Gasteiger partial charge < -0.3 is 14.6 Å². The average Bonchev–Trinajstić information content (AvgIpc) is 2.90. The highest BCUT2D eigenvalue weighted by atomic mass is 16.5. The zero-order valence-corrected chi connectivity index (χ0v) is 11.1. The molecule has 2 aromatic rings. The lowest BCUT2D eigenvalue weighted by Crippen LogP contribution is -2.11. The third-order valence-corrected chi connectivity index (χ3v) is 2.64. The van der Waals surface area contributed by atoms with E-state index in [0.717, 1.165) is 36.7 Å². The van der Waals surface area contributed by atoms with E-state index < -0.39 is 0 Å².